The van der Waals surface area contributed by atoms with Crippen molar-refractivity contribution < 1.29 is 33.4 Å². The smallest absolute Gasteiger partial charge is 0.157 e. The van der Waals surface area contributed by atoms with Gasteiger partial charge in [-0.05, 0) is 88.4 Å². The van der Waals surface area contributed by atoms with Gasteiger partial charge < -0.3 is 29.2 Å². The first-order valence-corrected chi connectivity index (χ1v) is 16.0. The fourth-order valence-electron chi connectivity index (χ4n) is 5.80. The number of hydrogen-bond donors (Lipinski definition) is 2. The van der Waals surface area contributed by atoms with Gasteiger partial charge in [0, 0.05) is 42.6 Å². The van der Waals surface area contributed by atoms with E-state index in [2.05, 4.69) is 12.2 Å². The maximum absolute atomic E-state index is 11.6. The van der Waals surface area contributed by atoms with Crippen LogP contribution in [0.2, 0.25) is 0 Å². The lowest BCUT2D eigenvalue weighted by Crippen LogP contribution is -2.29. The molecule has 2 aliphatic heterocycles. The third-order valence-electron chi connectivity index (χ3n) is 7.75. The Morgan fingerprint density at radius 2 is 1.69 bits per heavy atom. The highest BCUT2D eigenvalue weighted by atomic mass is 32.2. The molecule has 210 valence electrons. The number of hydrogen-bond acceptors (Lipinski definition) is 7. The van der Waals surface area contributed by atoms with E-state index >= 15 is 0 Å². The molecule has 1 saturated carbocycles. The molecule has 0 radical (unpaired) electrons. The van der Waals surface area contributed by atoms with Gasteiger partial charge in [-0.2, -0.15) is 0 Å². The van der Waals surface area contributed by atoms with Crippen molar-refractivity contribution in [2.45, 2.75) is 108 Å². The van der Waals surface area contributed by atoms with Crippen molar-refractivity contribution in [1.29, 1.82) is 0 Å². The zero-order valence-corrected chi connectivity index (χ0v) is 23.1. The molecule has 4 unspecified atom stereocenters. The normalized spacial score (nSPS) is 33.2. The summed E-state index contributed by atoms with van der Waals surface area (Å²) in [5.41, 5.74) is 0. The van der Waals surface area contributed by atoms with Gasteiger partial charge in [-0.25, -0.2) is 0 Å². The van der Waals surface area contributed by atoms with Crippen LogP contribution in [0.4, 0.5) is 0 Å². The highest BCUT2D eigenvalue weighted by Crippen LogP contribution is 2.41. The van der Waals surface area contributed by atoms with Crippen LogP contribution in [0.3, 0.4) is 0 Å². The Hall–Kier alpha value is -0.350. The minimum absolute atomic E-state index is 0.00818. The van der Waals surface area contributed by atoms with Crippen molar-refractivity contribution in [1.82, 2.24) is 0 Å². The van der Waals surface area contributed by atoms with Crippen LogP contribution >= 0.6 is 0 Å². The van der Waals surface area contributed by atoms with Gasteiger partial charge in [0.2, 0.25) is 0 Å². The summed E-state index contributed by atoms with van der Waals surface area (Å²) in [5.74, 6) is 0.561. The maximum atomic E-state index is 11.6. The van der Waals surface area contributed by atoms with Crippen LogP contribution in [0, 0.1) is 17.8 Å². The molecule has 8 heteroatoms. The predicted molar refractivity (Wildman–Crippen MR) is 142 cm³/mol. The second-order valence-electron chi connectivity index (χ2n) is 10.9. The first-order valence-electron chi connectivity index (χ1n) is 14.3. The first-order chi connectivity index (χ1) is 17.5. The summed E-state index contributed by atoms with van der Waals surface area (Å²) in [5, 5.41) is 21.3. The zero-order chi connectivity index (χ0) is 25.6. The summed E-state index contributed by atoms with van der Waals surface area (Å²) >= 11 is 0. The summed E-state index contributed by atoms with van der Waals surface area (Å²) in [6.45, 7) is 2.92. The third-order valence-corrected chi connectivity index (χ3v) is 8.60. The second kappa shape index (κ2) is 17.3. The minimum Gasteiger partial charge on any atom is -0.393 e. The Balaban J connectivity index is 1.40. The Kier molecular flexibility index (Phi) is 14.5. The fraction of sp³-hybridized carbons (Fsp3) is 0.929. The first kappa shape index (κ1) is 30.2. The van der Waals surface area contributed by atoms with Gasteiger partial charge in [-0.1, -0.05) is 25.0 Å². The molecular formula is C28H50O7S. The average molecular weight is 531 g/mol. The molecule has 7 nitrogen and oxygen atoms in total. The molecule has 3 aliphatic rings. The number of allylic oxidation sites excluding steroid dienone is 2. The Morgan fingerprint density at radius 3 is 2.36 bits per heavy atom. The summed E-state index contributed by atoms with van der Waals surface area (Å²) < 4.78 is 34.8. The number of aliphatic hydroxyl groups excluding tert-OH is 2. The van der Waals surface area contributed by atoms with E-state index in [1.807, 2.05) is 0 Å². The topological polar surface area (TPSA) is 94.5 Å². The molecule has 1 aliphatic carbocycles. The number of ether oxygens (including phenoxy) is 4. The number of unbranched alkanes of at least 4 members (excludes halogenated alkanes) is 4. The lowest BCUT2D eigenvalue weighted by Gasteiger charge is -2.27. The van der Waals surface area contributed by atoms with Gasteiger partial charge in [0.25, 0.3) is 0 Å². The van der Waals surface area contributed by atoms with Gasteiger partial charge in [-0.15, -0.1) is 0 Å². The van der Waals surface area contributed by atoms with E-state index in [-0.39, 0.29) is 36.1 Å². The molecule has 2 N–H and O–H groups in total. The monoisotopic (exact) mass is 530 g/mol. The largest absolute Gasteiger partial charge is 0.393 e. The van der Waals surface area contributed by atoms with Crippen LogP contribution in [0.1, 0.15) is 83.5 Å². The molecule has 0 aromatic rings. The molecule has 2 heterocycles. The van der Waals surface area contributed by atoms with E-state index in [1.54, 1.807) is 6.26 Å². The molecule has 36 heavy (non-hydrogen) atoms. The van der Waals surface area contributed by atoms with E-state index in [9.17, 15) is 14.4 Å². The van der Waals surface area contributed by atoms with E-state index in [1.165, 1.54) is 12.8 Å². The van der Waals surface area contributed by atoms with E-state index in [0.29, 0.717) is 19.4 Å². The van der Waals surface area contributed by atoms with Crippen LogP contribution < -0.4 is 0 Å². The molecule has 0 aromatic heterocycles. The van der Waals surface area contributed by atoms with Crippen molar-refractivity contribution in [3.05, 3.63) is 12.2 Å². The Morgan fingerprint density at radius 1 is 1.00 bits per heavy atom. The highest BCUT2D eigenvalue weighted by Gasteiger charge is 2.42. The van der Waals surface area contributed by atoms with Gasteiger partial charge in [0.15, 0.2) is 12.6 Å². The molecule has 8 atom stereocenters. The summed E-state index contributed by atoms with van der Waals surface area (Å²) in [4.78, 5) is 0. The van der Waals surface area contributed by atoms with Gasteiger partial charge >= 0.3 is 0 Å². The average Bonchev–Trinajstić information content (AvgIpc) is 3.16. The van der Waals surface area contributed by atoms with Crippen molar-refractivity contribution in [2.24, 2.45) is 17.8 Å². The molecule has 3 fully saturated rings. The molecule has 0 bridgehead atoms. The molecule has 0 aromatic carbocycles. The summed E-state index contributed by atoms with van der Waals surface area (Å²) in [6.07, 6.45) is 18.0. The van der Waals surface area contributed by atoms with Crippen LogP contribution in [-0.4, -0.2) is 77.6 Å². The molecule has 0 spiro atoms. The number of rotatable bonds is 16. The van der Waals surface area contributed by atoms with Gasteiger partial charge in [0.1, 0.15) is 0 Å². The van der Waals surface area contributed by atoms with Crippen LogP contribution in [0.15, 0.2) is 12.2 Å². The van der Waals surface area contributed by atoms with Crippen LogP contribution in [-0.2, 0) is 29.7 Å². The minimum atomic E-state index is -1.05. The fourth-order valence-corrected chi connectivity index (χ4v) is 6.47. The lowest BCUT2D eigenvalue weighted by atomic mass is 9.85. The maximum Gasteiger partial charge on any atom is 0.157 e. The van der Waals surface area contributed by atoms with E-state index in [4.69, 9.17) is 18.9 Å². The van der Waals surface area contributed by atoms with Crippen LogP contribution in [0.25, 0.3) is 0 Å². The van der Waals surface area contributed by atoms with Crippen molar-refractivity contribution in [3.8, 4) is 0 Å². The summed E-state index contributed by atoms with van der Waals surface area (Å²) in [7, 11) is -1.05. The molecule has 3 rings (SSSR count). The predicted octanol–water partition coefficient (Wildman–Crippen LogP) is 4.32. The van der Waals surface area contributed by atoms with E-state index in [0.717, 1.165) is 77.6 Å². The van der Waals surface area contributed by atoms with Crippen molar-refractivity contribution in [2.75, 3.05) is 38.4 Å². The highest BCUT2D eigenvalue weighted by molar-refractivity contribution is 7.84. The standard InChI is InChI=1S/C28H50O7S/c1-36(31)21-23(29)19-25-24(22(18-26(25)30)20-35-28-14-8-11-17-34-28)12-6-4-2-3-5-9-15-32-27-13-7-10-16-33-27/h6,12,22-30H,2-5,7-11,13-21H2,1H3/t22-,23?,24+,25+,26-,27?,28?,36?/m1/s1. The lowest BCUT2D eigenvalue weighted by molar-refractivity contribution is -0.170. The second-order valence-corrected chi connectivity index (χ2v) is 12.3. The molecular weight excluding hydrogens is 480 g/mol. The summed E-state index contributed by atoms with van der Waals surface area (Å²) in [6, 6.07) is 0. The van der Waals surface area contributed by atoms with Crippen molar-refractivity contribution in [3.63, 3.8) is 0 Å². The zero-order valence-electron chi connectivity index (χ0n) is 22.3. The molecule has 2 saturated heterocycles. The van der Waals surface area contributed by atoms with E-state index < -0.39 is 23.0 Å². The Labute approximate surface area is 220 Å². The Bertz CT molecular complexity index is 633. The third kappa shape index (κ3) is 11.2. The quantitative estimate of drug-likeness (QED) is 0.227. The van der Waals surface area contributed by atoms with Crippen molar-refractivity contribution >= 4 is 10.8 Å². The molecule has 0 amide bonds. The SMILES string of the molecule is CS(=O)CC(O)C[C@H]1[C@@H](C=CCCCCCCOC2CCCCO2)[C@@H](COC2CCCCO2)C[C@H]1O. The van der Waals surface area contributed by atoms with Gasteiger partial charge in [-0.3, -0.25) is 4.21 Å². The number of aliphatic hydroxyl groups is 2. The van der Waals surface area contributed by atoms with Gasteiger partial charge in [0.05, 0.1) is 18.8 Å². The van der Waals surface area contributed by atoms with Crippen LogP contribution in [0.5, 0.6) is 0 Å².